The Morgan fingerprint density at radius 1 is 1.21 bits per heavy atom. The summed E-state index contributed by atoms with van der Waals surface area (Å²) >= 11 is 12.3. The number of methoxy groups -OCH3 is 1. The summed E-state index contributed by atoms with van der Waals surface area (Å²) in [6.45, 7) is 4.82. The average Bonchev–Trinajstić information content (AvgIpc) is 3.30. The zero-order valence-electron chi connectivity index (χ0n) is 18.9. The number of hydrogen-bond acceptors (Lipinski definition) is 4. The summed E-state index contributed by atoms with van der Waals surface area (Å²) in [6, 6.07) is 15.7. The maximum absolute atomic E-state index is 11.7. The number of carbonyl (C=O) groups is 1. The van der Waals surface area contributed by atoms with Gasteiger partial charge in [-0.1, -0.05) is 29.8 Å². The molecule has 4 rings (SSSR count). The van der Waals surface area contributed by atoms with Gasteiger partial charge in [0.1, 0.15) is 0 Å². The fourth-order valence-electron chi connectivity index (χ4n) is 4.57. The number of carbonyl (C=O) groups excluding carboxylic acids is 1. The van der Waals surface area contributed by atoms with Crippen molar-refractivity contribution in [3.63, 3.8) is 0 Å². The fraction of sp³-hybridized carbons (Fsp3) is 0.320. The van der Waals surface area contributed by atoms with Crippen LogP contribution in [0.4, 0.5) is 0 Å². The van der Waals surface area contributed by atoms with Gasteiger partial charge in [-0.05, 0) is 68.4 Å². The van der Waals surface area contributed by atoms with E-state index in [0.29, 0.717) is 29.5 Å². The number of aryl methyl sites for hydroxylation is 1. The molecule has 1 saturated heterocycles. The number of halogens is 1. The molecule has 3 heterocycles. The van der Waals surface area contributed by atoms with Crippen molar-refractivity contribution in [3.8, 4) is 5.69 Å². The number of benzene rings is 1. The van der Waals surface area contributed by atoms with Crippen molar-refractivity contribution in [3.05, 3.63) is 82.4 Å². The number of rotatable bonds is 7. The Labute approximate surface area is 204 Å². The van der Waals surface area contributed by atoms with Gasteiger partial charge in [0.2, 0.25) is 0 Å². The van der Waals surface area contributed by atoms with E-state index in [1.807, 2.05) is 42.5 Å². The van der Waals surface area contributed by atoms with Gasteiger partial charge in [0.15, 0.2) is 5.11 Å². The molecular weight excluding hydrogens is 456 g/mol. The molecule has 0 aliphatic carbocycles. The Kier molecular flexibility index (Phi) is 7.00. The third-order valence-corrected chi connectivity index (χ3v) is 6.76. The third-order valence-electron chi connectivity index (χ3n) is 6.09. The number of nitrogens with zero attached hydrogens (tertiary/aromatic N) is 3. The molecule has 1 N–H and O–H groups in total. The van der Waals surface area contributed by atoms with Gasteiger partial charge in [-0.2, -0.15) is 0 Å². The Hall–Kier alpha value is -2.90. The van der Waals surface area contributed by atoms with Crippen LogP contribution >= 0.6 is 23.8 Å². The molecule has 0 amide bonds. The molecule has 8 heteroatoms. The molecule has 2 atom stereocenters. The summed E-state index contributed by atoms with van der Waals surface area (Å²) in [7, 11) is 1.41. The second-order valence-corrected chi connectivity index (χ2v) is 8.91. The average molecular weight is 483 g/mol. The van der Waals surface area contributed by atoms with E-state index in [-0.39, 0.29) is 18.1 Å². The van der Waals surface area contributed by atoms with Crippen molar-refractivity contribution in [2.45, 2.75) is 38.8 Å². The Balaban J connectivity index is 1.76. The van der Waals surface area contributed by atoms with Crippen molar-refractivity contribution in [1.82, 2.24) is 19.8 Å². The number of ether oxygens (including phenoxy) is 1. The predicted molar refractivity (Wildman–Crippen MR) is 134 cm³/mol. The summed E-state index contributed by atoms with van der Waals surface area (Å²) in [5.74, 6) is -0.220. The minimum atomic E-state index is -0.220. The molecule has 0 bridgehead atoms. The zero-order valence-corrected chi connectivity index (χ0v) is 20.5. The van der Waals surface area contributed by atoms with Crippen LogP contribution in [0.15, 0.2) is 54.7 Å². The van der Waals surface area contributed by atoms with E-state index in [0.717, 1.165) is 28.3 Å². The van der Waals surface area contributed by atoms with Crippen LogP contribution in [-0.4, -0.2) is 39.2 Å². The Bertz CT molecular complexity index is 1160. The Morgan fingerprint density at radius 3 is 2.67 bits per heavy atom. The van der Waals surface area contributed by atoms with Gasteiger partial charge in [-0.25, -0.2) is 0 Å². The molecule has 1 aliphatic rings. The van der Waals surface area contributed by atoms with Gasteiger partial charge in [-0.15, -0.1) is 0 Å². The first-order chi connectivity index (χ1) is 15.9. The number of thiocarbonyl (C=S) groups is 1. The number of pyridine rings is 1. The molecule has 6 nitrogen and oxygen atoms in total. The van der Waals surface area contributed by atoms with E-state index in [4.69, 9.17) is 28.6 Å². The SMILES string of the molecule is COC(=O)CCCN1C(=S)N[C@H](c2ccccn2)[C@@H]1c1cc(C)n(-c2ccccc2Cl)c1C. The summed E-state index contributed by atoms with van der Waals surface area (Å²) in [5, 5.41) is 4.82. The maximum atomic E-state index is 11.7. The van der Waals surface area contributed by atoms with E-state index in [9.17, 15) is 4.79 Å². The second-order valence-electron chi connectivity index (χ2n) is 8.11. The zero-order chi connectivity index (χ0) is 23.5. The first kappa shape index (κ1) is 23.3. The van der Waals surface area contributed by atoms with Gasteiger partial charge in [0.25, 0.3) is 0 Å². The van der Waals surface area contributed by atoms with Crippen LogP contribution in [0.25, 0.3) is 5.69 Å². The summed E-state index contributed by atoms with van der Waals surface area (Å²) in [5.41, 5.74) is 5.19. The van der Waals surface area contributed by atoms with Crippen LogP contribution in [0.1, 0.15) is 47.6 Å². The van der Waals surface area contributed by atoms with Gasteiger partial charge in [-0.3, -0.25) is 9.78 Å². The molecule has 172 valence electrons. The quantitative estimate of drug-likeness (QED) is 0.375. The molecule has 0 saturated carbocycles. The van der Waals surface area contributed by atoms with Crippen molar-refractivity contribution in [2.24, 2.45) is 0 Å². The molecule has 2 aromatic heterocycles. The predicted octanol–water partition coefficient (Wildman–Crippen LogP) is 5.07. The smallest absolute Gasteiger partial charge is 0.305 e. The highest BCUT2D eigenvalue weighted by atomic mass is 35.5. The number of aromatic nitrogens is 2. The summed E-state index contributed by atoms with van der Waals surface area (Å²) in [4.78, 5) is 18.5. The first-order valence-electron chi connectivity index (χ1n) is 10.9. The summed E-state index contributed by atoms with van der Waals surface area (Å²) in [6.07, 6.45) is 2.78. The minimum absolute atomic E-state index is 0.0764. The van der Waals surface area contributed by atoms with E-state index < -0.39 is 0 Å². The second kappa shape index (κ2) is 9.93. The Morgan fingerprint density at radius 2 is 1.97 bits per heavy atom. The lowest BCUT2D eigenvalue weighted by Crippen LogP contribution is -2.31. The van der Waals surface area contributed by atoms with E-state index in [1.54, 1.807) is 6.20 Å². The van der Waals surface area contributed by atoms with Gasteiger partial charge in [0, 0.05) is 30.6 Å². The molecule has 1 fully saturated rings. The van der Waals surface area contributed by atoms with Crippen molar-refractivity contribution < 1.29 is 9.53 Å². The van der Waals surface area contributed by atoms with Crippen LogP contribution in [0.2, 0.25) is 5.02 Å². The minimum Gasteiger partial charge on any atom is -0.469 e. The van der Waals surface area contributed by atoms with Crippen molar-refractivity contribution in [1.29, 1.82) is 0 Å². The molecule has 1 aliphatic heterocycles. The monoisotopic (exact) mass is 482 g/mol. The molecule has 0 unspecified atom stereocenters. The maximum Gasteiger partial charge on any atom is 0.305 e. The van der Waals surface area contributed by atoms with Crippen molar-refractivity contribution in [2.75, 3.05) is 13.7 Å². The third kappa shape index (κ3) is 4.61. The number of hydrogen-bond donors (Lipinski definition) is 1. The normalized spacial score (nSPS) is 17.8. The molecule has 0 radical (unpaired) electrons. The standard InChI is InChI=1S/C25H27ClN4O2S/c1-16-15-18(17(2)30(16)21-11-5-4-9-19(21)26)24-23(20-10-6-7-13-27-20)28-25(33)29(24)14-8-12-22(31)32-3/h4-7,9-11,13,15,23-24H,8,12,14H2,1-3H3,(H,28,33)/t23-,24+/m1/s1. The highest BCUT2D eigenvalue weighted by Crippen LogP contribution is 2.41. The molecule has 33 heavy (non-hydrogen) atoms. The van der Waals surface area contributed by atoms with Crippen LogP contribution < -0.4 is 5.32 Å². The molecule has 1 aromatic carbocycles. The number of para-hydroxylation sites is 1. The summed E-state index contributed by atoms with van der Waals surface area (Å²) < 4.78 is 6.99. The number of nitrogens with one attached hydrogen (secondary N) is 1. The van der Waals surface area contributed by atoms with Crippen LogP contribution in [-0.2, 0) is 9.53 Å². The van der Waals surface area contributed by atoms with Gasteiger partial charge in [0.05, 0.1) is 35.6 Å². The molecule has 0 spiro atoms. The lowest BCUT2D eigenvalue weighted by molar-refractivity contribution is -0.140. The highest BCUT2D eigenvalue weighted by Gasteiger charge is 2.41. The van der Waals surface area contributed by atoms with Crippen LogP contribution in [0.3, 0.4) is 0 Å². The van der Waals surface area contributed by atoms with Crippen molar-refractivity contribution >= 4 is 34.9 Å². The van der Waals surface area contributed by atoms with E-state index >= 15 is 0 Å². The number of esters is 1. The largest absolute Gasteiger partial charge is 0.469 e. The van der Waals surface area contributed by atoms with E-state index in [1.165, 1.54) is 7.11 Å². The van der Waals surface area contributed by atoms with Gasteiger partial charge >= 0.3 is 5.97 Å². The van der Waals surface area contributed by atoms with Gasteiger partial charge < -0.3 is 19.5 Å². The molecule has 3 aromatic rings. The van der Waals surface area contributed by atoms with Crippen LogP contribution in [0, 0.1) is 13.8 Å². The molecular formula is C25H27ClN4O2S. The topological polar surface area (TPSA) is 59.4 Å². The highest BCUT2D eigenvalue weighted by molar-refractivity contribution is 7.80. The lowest BCUT2D eigenvalue weighted by atomic mass is 9.96. The lowest BCUT2D eigenvalue weighted by Gasteiger charge is -2.28. The van der Waals surface area contributed by atoms with Crippen LogP contribution in [0.5, 0.6) is 0 Å². The van der Waals surface area contributed by atoms with E-state index in [2.05, 4.69) is 39.7 Å². The first-order valence-corrected chi connectivity index (χ1v) is 11.7. The fourth-order valence-corrected chi connectivity index (χ4v) is 5.12.